The Kier molecular flexibility index (Phi) is 4.82. The highest BCUT2D eigenvalue weighted by Crippen LogP contribution is 2.41. The lowest BCUT2D eigenvalue weighted by Crippen LogP contribution is -2.02. The average molecular weight is 498 g/mol. The molecule has 6 aromatic carbocycles. The van der Waals surface area contributed by atoms with Gasteiger partial charge in [0.15, 0.2) is 5.82 Å². The maximum Gasteiger partial charge on any atom is 0.162 e. The van der Waals surface area contributed by atoms with Gasteiger partial charge < -0.3 is 0 Å². The SMILES string of the molecule is c1ccc(-c2cc3ccc4cccc5c4c3c(c2)n5-c2cc(-c3ccccc3)nc(-c3ccccc3)n2)cc1. The zero-order chi connectivity index (χ0) is 25.8. The first-order chi connectivity index (χ1) is 19.3. The third-order valence-corrected chi connectivity index (χ3v) is 7.55. The highest BCUT2D eigenvalue weighted by Gasteiger charge is 2.20. The lowest BCUT2D eigenvalue weighted by molar-refractivity contribution is 1.05. The van der Waals surface area contributed by atoms with Crippen LogP contribution < -0.4 is 0 Å². The molecule has 0 atom stereocenters. The fraction of sp³-hybridized carbons (Fsp3) is 0. The lowest BCUT2D eigenvalue weighted by atomic mass is 9.97. The molecule has 0 fully saturated rings. The van der Waals surface area contributed by atoms with Crippen molar-refractivity contribution in [3.05, 3.63) is 140 Å². The molecule has 0 spiro atoms. The molecule has 0 saturated heterocycles. The minimum absolute atomic E-state index is 0.713. The van der Waals surface area contributed by atoms with E-state index >= 15 is 0 Å². The Morgan fingerprint density at radius 2 is 1.05 bits per heavy atom. The first-order valence-corrected chi connectivity index (χ1v) is 13.2. The second-order valence-electron chi connectivity index (χ2n) is 9.90. The van der Waals surface area contributed by atoms with Gasteiger partial charge in [-0.3, -0.25) is 4.57 Å². The van der Waals surface area contributed by atoms with E-state index in [0.29, 0.717) is 5.82 Å². The van der Waals surface area contributed by atoms with E-state index in [2.05, 4.69) is 120 Å². The third kappa shape index (κ3) is 3.52. The summed E-state index contributed by atoms with van der Waals surface area (Å²) < 4.78 is 2.32. The summed E-state index contributed by atoms with van der Waals surface area (Å²) in [6, 6.07) is 48.9. The quantitative estimate of drug-likeness (QED) is 0.227. The topological polar surface area (TPSA) is 30.7 Å². The van der Waals surface area contributed by atoms with Gasteiger partial charge in [-0.1, -0.05) is 115 Å². The van der Waals surface area contributed by atoms with Crippen LogP contribution in [0.4, 0.5) is 0 Å². The summed E-state index contributed by atoms with van der Waals surface area (Å²) in [5.41, 5.74) is 7.65. The van der Waals surface area contributed by atoms with Crippen LogP contribution in [0, 0.1) is 0 Å². The number of rotatable bonds is 4. The number of benzene rings is 6. The summed E-state index contributed by atoms with van der Waals surface area (Å²) in [4.78, 5) is 10.2. The Labute approximate surface area is 226 Å². The fourth-order valence-corrected chi connectivity index (χ4v) is 5.76. The summed E-state index contributed by atoms with van der Waals surface area (Å²) >= 11 is 0. The third-order valence-electron chi connectivity index (χ3n) is 7.55. The van der Waals surface area contributed by atoms with Crippen LogP contribution >= 0.6 is 0 Å². The average Bonchev–Trinajstić information content (AvgIpc) is 3.36. The van der Waals surface area contributed by atoms with Crippen molar-refractivity contribution in [3.8, 4) is 39.6 Å². The molecule has 39 heavy (non-hydrogen) atoms. The molecule has 8 aromatic rings. The zero-order valence-corrected chi connectivity index (χ0v) is 21.1. The molecule has 3 heteroatoms. The van der Waals surface area contributed by atoms with Crippen LogP contribution in [0.1, 0.15) is 0 Å². The van der Waals surface area contributed by atoms with E-state index in [4.69, 9.17) is 9.97 Å². The van der Waals surface area contributed by atoms with Crippen molar-refractivity contribution >= 4 is 32.6 Å². The molecule has 182 valence electrons. The molecule has 0 aliphatic carbocycles. The number of aromatic nitrogens is 3. The Morgan fingerprint density at radius 3 is 1.79 bits per heavy atom. The second-order valence-corrected chi connectivity index (χ2v) is 9.90. The molecule has 2 aromatic heterocycles. The molecule has 0 amide bonds. The minimum Gasteiger partial charge on any atom is -0.294 e. The molecule has 8 rings (SSSR count). The highest BCUT2D eigenvalue weighted by atomic mass is 15.1. The van der Waals surface area contributed by atoms with Crippen molar-refractivity contribution in [2.45, 2.75) is 0 Å². The molecular weight excluding hydrogens is 474 g/mol. The molecule has 0 saturated carbocycles. The van der Waals surface area contributed by atoms with E-state index in [9.17, 15) is 0 Å². The molecular formula is C36H23N3. The van der Waals surface area contributed by atoms with Gasteiger partial charge >= 0.3 is 0 Å². The fourth-order valence-electron chi connectivity index (χ4n) is 5.76. The molecule has 0 unspecified atom stereocenters. The van der Waals surface area contributed by atoms with E-state index < -0.39 is 0 Å². The van der Waals surface area contributed by atoms with Crippen LogP contribution in [0.25, 0.3) is 72.2 Å². The Balaban J connectivity index is 1.49. The number of nitrogens with zero attached hydrogens (tertiary/aromatic N) is 3. The van der Waals surface area contributed by atoms with Crippen molar-refractivity contribution in [2.24, 2.45) is 0 Å². The number of hydrogen-bond acceptors (Lipinski definition) is 2. The van der Waals surface area contributed by atoms with Crippen LogP contribution in [-0.2, 0) is 0 Å². The van der Waals surface area contributed by atoms with Crippen molar-refractivity contribution in [1.82, 2.24) is 14.5 Å². The second kappa shape index (κ2) is 8.64. The molecule has 0 N–H and O–H groups in total. The predicted octanol–water partition coefficient (Wildman–Crippen LogP) is 9.17. The summed E-state index contributed by atoms with van der Waals surface area (Å²) in [5, 5.41) is 5.00. The van der Waals surface area contributed by atoms with E-state index in [0.717, 1.165) is 33.7 Å². The van der Waals surface area contributed by atoms with Crippen LogP contribution in [0.5, 0.6) is 0 Å². The van der Waals surface area contributed by atoms with Gasteiger partial charge in [-0.2, -0.15) is 0 Å². The zero-order valence-electron chi connectivity index (χ0n) is 21.1. The predicted molar refractivity (Wildman–Crippen MR) is 161 cm³/mol. The van der Waals surface area contributed by atoms with Crippen LogP contribution in [0.3, 0.4) is 0 Å². The maximum absolute atomic E-state index is 5.19. The Bertz CT molecular complexity index is 2040. The van der Waals surface area contributed by atoms with Gasteiger partial charge in [0, 0.05) is 28.0 Å². The van der Waals surface area contributed by atoms with E-state index in [1.54, 1.807) is 0 Å². The maximum atomic E-state index is 5.19. The monoisotopic (exact) mass is 497 g/mol. The summed E-state index contributed by atoms with van der Waals surface area (Å²) in [6.45, 7) is 0. The summed E-state index contributed by atoms with van der Waals surface area (Å²) in [6.07, 6.45) is 0. The van der Waals surface area contributed by atoms with E-state index in [1.807, 2.05) is 24.3 Å². The molecule has 3 nitrogen and oxygen atoms in total. The highest BCUT2D eigenvalue weighted by molar-refractivity contribution is 6.24. The molecule has 0 aliphatic heterocycles. The molecule has 0 aliphatic rings. The van der Waals surface area contributed by atoms with Crippen molar-refractivity contribution in [3.63, 3.8) is 0 Å². The molecule has 0 bridgehead atoms. The first-order valence-electron chi connectivity index (χ1n) is 13.2. The normalized spacial score (nSPS) is 11.6. The van der Waals surface area contributed by atoms with Crippen LogP contribution in [-0.4, -0.2) is 14.5 Å². The summed E-state index contributed by atoms with van der Waals surface area (Å²) in [5.74, 6) is 1.57. The summed E-state index contributed by atoms with van der Waals surface area (Å²) in [7, 11) is 0. The first kappa shape index (κ1) is 21.8. The van der Waals surface area contributed by atoms with Crippen molar-refractivity contribution in [2.75, 3.05) is 0 Å². The van der Waals surface area contributed by atoms with Gasteiger partial charge in [0.05, 0.1) is 16.7 Å². The standard InChI is InChI=1S/C36H23N3/c1-4-11-24(12-5-1)29-21-28-20-19-26-17-10-18-31-34(26)35(28)32(22-29)39(31)33-23-30(25-13-6-2-7-14-25)37-36(38-33)27-15-8-3-9-16-27/h1-23H. The minimum atomic E-state index is 0.713. The van der Waals surface area contributed by atoms with Gasteiger partial charge in [-0.15, -0.1) is 0 Å². The van der Waals surface area contributed by atoms with Gasteiger partial charge in [0.25, 0.3) is 0 Å². The van der Waals surface area contributed by atoms with Gasteiger partial charge in [0.2, 0.25) is 0 Å². The van der Waals surface area contributed by atoms with E-state index in [1.165, 1.54) is 32.7 Å². The van der Waals surface area contributed by atoms with Gasteiger partial charge in [-0.05, 0) is 40.1 Å². The van der Waals surface area contributed by atoms with Gasteiger partial charge in [0.1, 0.15) is 5.82 Å². The van der Waals surface area contributed by atoms with Crippen molar-refractivity contribution < 1.29 is 0 Å². The van der Waals surface area contributed by atoms with Gasteiger partial charge in [-0.25, -0.2) is 9.97 Å². The van der Waals surface area contributed by atoms with Crippen molar-refractivity contribution in [1.29, 1.82) is 0 Å². The molecule has 2 heterocycles. The van der Waals surface area contributed by atoms with E-state index in [-0.39, 0.29) is 0 Å². The smallest absolute Gasteiger partial charge is 0.162 e. The van der Waals surface area contributed by atoms with Crippen LogP contribution in [0.2, 0.25) is 0 Å². The number of hydrogen-bond donors (Lipinski definition) is 0. The van der Waals surface area contributed by atoms with Crippen LogP contribution in [0.15, 0.2) is 140 Å². The largest absolute Gasteiger partial charge is 0.294 e. The molecule has 0 radical (unpaired) electrons. The Morgan fingerprint density at radius 1 is 0.410 bits per heavy atom. The Hall–Kier alpha value is -5.28. The lowest BCUT2D eigenvalue weighted by Gasteiger charge is -2.12.